The predicted octanol–water partition coefficient (Wildman–Crippen LogP) is 2.53. The second-order valence-corrected chi connectivity index (χ2v) is 5.10. The Morgan fingerprint density at radius 1 is 1.55 bits per heavy atom. The predicted molar refractivity (Wildman–Crippen MR) is 57.6 cm³/mol. The van der Waals surface area contributed by atoms with Gasteiger partial charge in [-0.15, -0.1) is 11.3 Å². The fraction of sp³-hybridized carbons (Fsp3) is 0.429. The van der Waals surface area contributed by atoms with E-state index < -0.39 is 0 Å². The van der Waals surface area contributed by atoms with E-state index in [1.54, 1.807) is 11.3 Å². The molecule has 0 saturated heterocycles. The number of nitrogens with one attached hydrogen (secondary N) is 1. The van der Waals surface area contributed by atoms with E-state index in [0.717, 1.165) is 18.8 Å². The molecule has 0 unspecified atom stereocenters. The standard InChI is InChI=1S/C7H10BrNS2/c8-7-2-1-6(11-7)5-9-3-4-10/h1-2,9-10H,3-5H2. The summed E-state index contributed by atoms with van der Waals surface area (Å²) in [7, 11) is 0. The quantitative estimate of drug-likeness (QED) is 0.620. The molecule has 0 amide bonds. The third kappa shape index (κ3) is 3.60. The Kier molecular flexibility index (Phi) is 4.52. The molecule has 4 heteroatoms. The van der Waals surface area contributed by atoms with Crippen molar-refractivity contribution in [1.29, 1.82) is 0 Å². The molecule has 0 aliphatic rings. The molecule has 0 bridgehead atoms. The molecule has 1 aromatic heterocycles. The maximum absolute atomic E-state index is 4.10. The molecular weight excluding hydrogens is 242 g/mol. The van der Waals surface area contributed by atoms with Crippen LogP contribution in [-0.4, -0.2) is 12.3 Å². The van der Waals surface area contributed by atoms with Gasteiger partial charge < -0.3 is 5.32 Å². The Balaban J connectivity index is 2.27. The number of halogens is 1. The van der Waals surface area contributed by atoms with E-state index in [-0.39, 0.29) is 0 Å². The number of rotatable bonds is 4. The van der Waals surface area contributed by atoms with Crippen LogP contribution in [0.25, 0.3) is 0 Å². The molecule has 0 saturated carbocycles. The fourth-order valence-corrected chi connectivity index (χ4v) is 2.35. The normalized spacial score (nSPS) is 10.4. The van der Waals surface area contributed by atoms with Crippen molar-refractivity contribution in [2.75, 3.05) is 12.3 Å². The molecule has 1 heterocycles. The van der Waals surface area contributed by atoms with Crippen LogP contribution < -0.4 is 5.32 Å². The lowest BCUT2D eigenvalue weighted by Gasteiger charge is -1.97. The molecule has 0 spiro atoms. The molecule has 0 aliphatic heterocycles. The number of thiophene rings is 1. The van der Waals surface area contributed by atoms with E-state index >= 15 is 0 Å². The smallest absolute Gasteiger partial charge is 0.0701 e. The van der Waals surface area contributed by atoms with E-state index in [1.165, 1.54) is 8.66 Å². The van der Waals surface area contributed by atoms with Crippen LogP contribution >= 0.6 is 39.9 Å². The van der Waals surface area contributed by atoms with Gasteiger partial charge in [0, 0.05) is 23.7 Å². The lowest BCUT2D eigenvalue weighted by Crippen LogP contribution is -2.14. The molecule has 11 heavy (non-hydrogen) atoms. The van der Waals surface area contributed by atoms with Gasteiger partial charge >= 0.3 is 0 Å². The summed E-state index contributed by atoms with van der Waals surface area (Å²) < 4.78 is 1.19. The van der Waals surface area contributed by atoms with Crippen molar-refractivity contribution < 1.29 is 0 Å². The number of thiol groups is 1. The summed E-state index contributed by atoms with van der Waals surface area (Å²) in [6, 6.07) is 4.20. The Morgan fingerprint density at radius 3 is 2.91 bits per heavy atom. The highest BCUT2D eigenvalue weighted by Gasteiger charge is 1.95. The van der Waals surface area contributed by atoms with Gasteiger partial charge in [-0.1, -0.05) is 0 Å². The molecule has 1 nitrogen and oxygen atoms in total. The summed E-state index contributed by atoms with van der Waals surface area (Å²) in [6.07, 6.45) is 0. The van der Waals surface area contributed by atoms with Crippen LogP contribution in [0.15, 0.2) is 15.9 Å². The monoisotopic (exact) mass is 251 g/mol. The van der Waals surface area contributed by atoms with Gasteiger partial charge in [0.1, 0.15) is 0 Å². The molecule has 0 aliphatic carbocycles. The fourth-order valence-electron chi connectivity index (χ4n) is 0.737. The summed E-state index contributed by atoms with van der Waals surface area (Å²) in [6.45, 7) is 1.93. The zero-order valence-corrected chi connectivity index (χ0v) is 9.31. The Bertz CT molecular complexity index is 212. The summed E-state index contributed by atoms with van der Waals surface area (Å²) >= 11 is 9.29. The van der Waals surface area contributed by atoms with Crippen LogP contribution in [0.2, 0.25) is 0 Å². The van der Waals surface area contributed by atoms with Gasteiger partial charge in [0.05, 0.1) is 3.79 Å². The van der Waals surface area contributed by atoms with Crippen molar-refractivity contribution in [2.45, 2.75) is 6.54 Å². The second-order valence-electron chi connectivity index (χ2n) is 2.11. The Morgan fingerprint density at radius 2 is 2.36 bits per heavy atom. The minimum atomic E-state index is 0.895. The summed E-state index contributed by atoms with van der Waals surface area (Å²) in [5.41, 5.74) is 0. The molecule has 1 rings (SSSR count). The van der Waals surface area contributed by atoms with Gasteiger partial charge in [0.15, 0.2) is 0 Å². The first-order chi connectivity index (χ1) is 5.33. The third-order valence-electron chi connectivity index (χ3n) is 1.22. The van der Waals surface area contributed by atoms with Gasteiger partial charge in [0.2, 0.25) is 0 Å². The summed E-state index contributed by atoms with van der Waals surface area (Å²) in [5.74, 6) is 0.895. The molecular formula is C7H10BrNS2. The van der Waals surface area contributed by atoms with E-state index in [2.05, 4.69) is 46.0 Å². The molecule has 0 fully saturated rings. The van der Waals surface area contributed by atoms with Crippen molar-refractivity contribution in [3.05, 3.63) is 20.8 Å². The van der Waals surface area contributed by atoms with Gasteiger partial charge in [-0.3, -0.25) is 0 Å². The molecule has 0 radical (unpaired) electrons. The second kappa shape index (κ2) is 5.19. The van der Waals surface area contributed by atoms with Crippen LogP contribution in [0.3, 0.4) is 0 Å². The first-order valence-electron chi connectivity index (χ1n) is 3.38. The maximum atomic E-state index is 4.10. The highest BCUT2D eigenvalue weighted by Crippen LogP contribution is 2.21. The Hall–Kier alpha value is 0.490. The lowest BCUT2D eigenvalue weighted by atomic mass is 10.4. The van der Waals surface area contributed by atoms with Crippen molar-refractivity contribution in [3.63, 3.8) is 0 Å². The van der Waals surface area contributed by atoms with Crippen LogP contribution in [0.4, 0.5) is 0 Å². The van der Waals surface area contributed by atoms with E-state index in [9.17, 15) is 0 Å². The Labute approximate surface area is 84.7 Å². The molecule has 62 valence electrons. The highest BCUT2D eigenvalue weighted by molar-refractivity contribution is 9.11. The van der Waals surface area contributed by atoms with E-state index in [1.807, 2.05) is 0 Å². The van der Waals surface area contributed by atoms with Crippen LogP contribution in [-0.2, 0) is 6.54 Å². The number of hydrogen-bond donors (Lipinski definition) is 2. The lowest BCUT2D eigenvalue weighted by molar-refractivity contribution is 0.742. The SMILES string of the molecule is SCCNCc1ccc(Br)s1. The highest BCUT2D eigenvalue weighted by atomic mass is 79.9. The average molecular weight is 252 g/mol. The molecule has 0 aromatic carbocycles. The van der Waals surface area contributed by atoms with Gasteiger partial charge in [-0.05, 0) is 28.1 Å². The summed E-state index contributed by atoms with van der Waals surface area (Å²) in [5, 5.41) is 3.28. The molecule has 1 aromatic rings. The van der Waals surface area contributed by atoms with Gasteiger partial charge in [-0.25, -0.2) is 0 Å². The first-order valence-corrected chi connectivity index (χ1v) is 5.63. The van der Waals surface area contributed by atoms with Crippen LogP contribution in [0.5, 0.6) is 0 Å². The largest absolute Gasteiger partial charge is 0.311 e. The summed E-state index contributed by atoms with van der Waals surface area (Å²) in [4.78, 5) is 1.36. The van der Waals surface area contributed by atoms with Gasteiger partial charge in [-0.2, -0.15) is 12.6 Å². The minimum absolute atomic E-state index is 0.895. The maximum Gasteiger partial charge on any atom is 0.0701 e. The van der Waals surface area contributed by atoms with E-state index in [4.69, 9.17) is 0 Å². The topological polar surface area (TPSA) is 12.0 Å². The van der Waals surface area contributed by atoms with Crippen molar-refractivity contribution >= 4 is 39.9 Å². The number of hydrogen-bond acceptors (Lipinski definition) is 3. The third-order valence-corrected chi connectivity index (χ3v) is 3.06. The van der Waals surface area contributed by atoms with Crippen LogP contribution in [0, 0.1) is 0 Å². The van der Waals surface area contributed by atoms with Gasteiger partial charge in [0.25, 0.3) is 0 Å². The van der Waals surface area contributed by atoms with Crippen molar-refractivity contribution in [1.82, 2.24) is 5.32 Å². The van der Waals surface area contributed by atoms with Crippen molar-refractivity contribution in [3.8, 4) is 0 Å². The van der Waals surface area contributed by atoms with E-state index in [0.29, 0.717) is 0 Å². The first kappa shape index (κ1) is 9.58. The average Bonchev–Trinajstić information content (AvgIpc) is 2.37. The zero-order valence-electron chi connectivity index (χ0n) is 6.01. The van der Waals surface area contributed by atoms with Crippen molar-refractivity contribution in [2.24, 2.45) is 0 Å². The zero-order chi connectivity index (χ0) is 8.10. The minimum Gasteiger partial charge on any atom is -0.311 e. The molecule has 0 atom stereocenters. The molecule has 1 N–H and O–H groups in total. The van der Waals surface area contributed by atoms with Crippen LogP contribution in [0.1, 0.15) is 4.88 Å².